The zero-order chi connectivity index (χ0) is 17.0. The number of hydrogen-bond acceptors (Lipinski definition) is 5. The minimum atomic E-state index is -0.731. The molecule has 1 aromatic rings. The van der Waals surface area contributed by atoms with E-state index in [0.29, 0.717) is 6.42 Å². The number of carbonyl (C=O) groups excluding carboxylic acids is 1. The minimum absolute atomic E-state index is 0.184. The molecule has 0 bridgehead atoms. The van der Waals surface area contributed by atoms with E-state index < -0.39 is 17.6 Å². The molecular formula is C17H27NO4. The summed E-state index contributed by atoms with van der Waals surface area (Å²) in [6.45, 7) is 8.11. The van der Waals surface area contributed by atoms with Crippen LogP contribution in [0.25, 0.3) is 0 Å². The van der Waals surface area contributed by atoms with Gasteiger partial charge in [0.2, 0.25) is 0 Å². The molecule has 0 aliphatic carbocycles. The van der Waals surface area contributed by atoms with Gasteiger partial charge in [-0.2, -0.15) is 0 Å². The molecule has 0 aliphatic heterocycles. The average molecular weight is 309 g/mol. The third-order valence-corrected chi connectivity index (χ3v) is 4.41. The Labute approximate surface area is 132 Å². The summed E-state index contributed by atoms with van der Waals surface area (Å²) in [5, 5.41) is 9.24. The summed E-state index contributed by atoms with van der Waals surface area (Å²) in [6.07, 6.45) is 0.368. The van der Waals surface area contributed by atoms with Crippen molar-refractivity contribution in [3.8, 4) is 5.75 Å². The number of rotatable bonds is 7. The first kappa shape index (κ1) is 18.5. The number of aromatic hydroxyl groups is 1. The van der Waals surface area contributed by atoms with Crippen molar-refractivity contribution in [2.24, 2.45) is 11.1 Å². The maximum absolute atomic E-state index is 12.0. The zero-order valence-electron chi connectivity index (χ0n) is 14.1. The molecule has 0 aliphatic rings. The number of ether oxygens (including phenoxy) is 2. The molecule has 0 saturated carbocycles. The van der Waals surface area contributed by atoms with Crippen LogP contribution >= 0.6 is 0 Å². The predicted octanol–water partition coefficient (Wildman–Crippen LogP) is 2.26. The lowest BCUT2D eigenvalue weighted by Gasteiger charge is -2.39. The predicted molar refractivity (Wildman–Crippen MR) is 85.6 cm³/mol. The lowest BCUT2D eigenvalue weighted by molar-refractivity contribution is -0.156. The summed E-state index contributed by atoms with van der Waals surface area (Å²) in [5.74, 6) is -0.253. The van der Waals surface area contributed by atoms with Gasteiger partial charge in [-0.25, -0.2) is 0 Å². The fraction of sp³-hybridized carbons (Fsp3) is 0.588. The van der Waals surface area contributed by atoms with E-state index in [1.807, 2.05) is 27.7 Å². The van der Waals surface area contributed by atoms with Crippen LogP contribution in [0.5, 0.6) is 5.75 Å². The van der Waals surface area contributed by atoms with Crippen molar-refractivity contribution in [3.05, 3.63) is 29.8 Å². The van der Waals surface area contributed by atoms with Crippen LogP contribution in [-0.2, 0) is 20.7 Å². The van der Waals surface area contributed by atoms with Gasteiger partial charge >= 0.3 is 5.97 Å². The van der Waals surface area contributed by atoms with E-state index in [0.717, 1.165) is 5.56 Å². The number of methoxy groups -OCH3 is 1. The number of phenols is 1. The first-order valence-electron chi connectivity index (χ1n) is 7.34. The van der Waals surface area contributed by atoms with Crippen molar-refractivity contribution >= 4 is 5.97 Å². The molecule has 1 rings (SSSR count). The minimum Gasteiger partial charge on any atom is -0.508 e. The van der Waals surface area contributed by atoms with Crippen molar-refractivity contribution in [1.29, 1.82) is 0 Å². The maximum atomic E-state index is 12.0. The monoisotopic (exact) mass is 309 g/mol. The van der Waals surface area contributed by atoms with Crippen LogP contribution < -0.4 is 5.73 Å². The number of carbonyl (C=O) groups is 1. The number of nitrogens with two attached hydrogens (primary N) is 1. The van der Waals surface area contributed by atoms with Crippen molar-refractivity contribution in [3.63, 3.8) is 0 Å². The summed E-state index contributed by atoms with van der Waals surface area (Å²) in [7, 11) is 1.64. The van der Waals surface area contributed by atoms with Crippen molar-refractivity contribution in [2.75, 3.05) is 13.7 Å². The van der Waals surface area contributed by atoms with Gasteiger partial charge in [0, 0.05) is 12.5 Å². The van der Waals surface area contributed by atoms with E-state index in [1.165, 1.54) is 0 Å². The normalized spacial score (nSPS) is 13.7. The Kier molecular flexibility index (Phi) is 5.97. The summed E-state index contributed by atoms with van der Waals surface area (Å²) >= 11 is 0. The molecule has 3 N–H and O–H groups in total. The highest BCUT2D eigenvalue weighted by molar-refractivity contribution is 5.75. The van der Waals surface area contributed by atoms with Crippen molar-refractivity contribution in [2.45, 2.75) is 45.8 Å². The molecule has 0 radical (unpaired) electrons. The molecule has 0 amide bonds. The standard InChI is InChI=1S/C17H27NO4/c1-16(2,17(3,4)21-5)11-22-15(20)14(18)10-12-6-8-13(19)9-7-12/h6-9,14,19H,10-11,18H2,1-5H3. The van der Waals surface area contributed by atoms with Gasteiger partial charge in [-0.15, -0.1) is 0 Å². The van der Waals surface area contributed by atoms with Gasteiger partial charge in [0.25, 0.3) is 0 Å². The third-order valence-electron chi connectivity index (χ3n) is 4.41. The molecular weight excluding hydrogens is 282 g/mol. The van der Waals surface area contributed by atoms with E-state index in [2.05, 4.69) is 0 Å². The Morgan fingerprint density at radius 1 is 1.23 bits per heavy atom. The highest BCUT2D eigenvalue weighted by Crippen LogP contribution is 2.33. The number of phenolic OH excluding ortho intramolecular Hbond substituents is 1. The van der Waals surface area contributed by atoms with Gasteiger partial charge in [0.1, 0.15) is 11.8 Å². The molecule has 124 valence electrons. The Morgan fingerprint density at radius 2 is 1.77 bits per heavy atom. The highest BCUT2D eigenvalue weighted by Gasteiger charge is 2.38. The second kappa shape index (κ2) is 7.11. The van der Waals surface area contributed by atoms with Gasteiger partial charge < -0.3 is 20.3 Å². The summed E-state index contributed by atoms with van der Waals surface area (Å²) in [4.78, 5) is 12.0. The van der Waals surface area contributed by atoms with Crippen molar-refractivity contribution < 1.29 is 19.4 Å². The lowest BCUT2D eigenvalue weighted by atomic mass is 9.78. The number of esters is 1. The first-order valence-corrected chi connectivity index (χ1v) is 7.34. The fourth-order valence-electron chi connectivity index (χ4n) is 1.78. The maximum Gasteiger partial charge on any atom is 0.323 e. The SMILES string of the molecule is COC(C)(C)C(C)(C)COC(=O)C(N)Cc1ccc(O)cc1. The van der Waals surface area contributed by atoms with Gasteiger partial charge in [-0.3, -0.25) is 4.79 Å². The number of benzene rings is 1. The molecule has 0 spiro atoms. The molecule has 1 unspecified atom stereocenters. The summed E-state index contributed by atoms with van der Waals surface area (Å²) in [5.41, 5.74) is 6.00. The van der Waals surface area contributed by atoms with Crippen molar-refractivity contribution in [1.82, 2.24) is 0 Å². The summed E-state index contributed by atoms with van der Waals surface area (Å²) < 4.78 is 10.8. The van der Waals surface area contributed by atoms with Crippen LogP contribution in [0.4, 0.5) is 0 Å². The smallest absolute Gasteiger partial charge is 0.323 e. The second-order valence-corrected chi connectivity index (χ2v) is 6.68. The quantitative estimate of drug-likeness (QED) is 0.755. The lowest BCUT2D eigenvalue weighted by Crippen LogP contribution is -2.46. The van der Waals surface area contributed by atoms with Gasteiger partial charge in [0.15, 0.2) is 0 Å². The Morgan fingerprint density at radius 3 is 2.27 bits per heavy atom. The van der Waals surface area contributed by atoms with Crippen LogP contribution in [0.3, 0.4) is 0 Å². The molecule has 5 heteroatoms. The molecule has 1 aromatic carbocycles. The Bertz CT molecular complexity index is 494. The van der Waals surface area contributed by atoms with Crippen LogP contribution in [0.2, 0.25) is 0 Å². The highest BCUT2D eigenvalue weighted by atomic mass is 16.5. The molecule has 22 heavy (non-hydrogen) atoms. The molecule has 0 heterocycles. The van der Waals surface area contributed by atoms with E-state index in [9.17, 15) is 9.90 Å². The largest absolute Gasteiger partial charge is 0.508 e. The zero-order valence-corrected chi connectivity index (χ0v) is 14.1. The molecule has 0 fully saturated rings. The molecule has 0 saturated heterocycles. The average Bonchev–Trinajstić information content (AvgIpc) is 2.46. The van der Waals surface area contributed by atoms with Crippen LogP contribution in [0, 0.1) is 5.41 Å². The summed E-state index contributed by atoms with van der Waals surface area (Å²) in [6, 6.07) is 5.88. The second-order valence-electron chi connectivity index (χ2n) is 6.68. The van der Waals surface area contributed by atoms with Crippen LogP contribution in [0.15, 0.2) is 24.3 Å². The van der Waals surface area contributed by atoms with Gasteiger partial charge in [-0.1, -0.05) is 26.0 Å². The van der Waals surface area contributed by atoms with E-state index in [4.69, 9.17) is 15.2 Å². The Hall–Kier alpha value is -1.59. The van der Waals surface area contributed by atoms with E-state index in [1.54, 1.807) is 31.4 Å². The molecule has 1 atom stereocenters. The molecule has 0 aromatic heterocycles. The van der Waals surface area contributed by atoms with Crippen LogP contribution in [0.1, 0.15) is 33.3 Å². The van der Waals surface area contributed by atoms with E-state index in [-0.39, 0.29) is 17.8 Å². The topological polar surface area (TPSA) is 81.8 Å². The molecule has 5 nitrogen and oxygen atoms in total. The van der Waals surface area contributed by atoms with Crippen LogP contribution in [-0.4, -0.2) is 36.4 Å². The Balaban J connectivity index is 2.56. The van der Waals surface area contributed by atoms with E-state index >= 15 is 0 Å². The van der Waals surface area contributed by atoms with Gasteiger partial charge in [-0.05, 0) is 38.0 Å². The third kappa shape index (κ3) is 4.71. The van der Waals surface area contributed by atoms with Gasteiger partial charge in [0.05, 0.1) is 12.2 Å². The fourth-order valence-corrected chi connectivity index (χ4v) is 1.78. The first-order chi connectivity index (χ1) is 10.1. The number of hydrogen-bond donors (Lipinski definition) is 2.